The van der Waals surface area contributed by atoms with Crippen LogP contribution in [-0.4, -0.2) is 19.2 Å². The molecule has 1 rings (SSSR count). The van der Waals surface area contributed by atoms with Gasteiger partial charge in [-0.15, -0.1) is 0 Å². The van der Waals surface area contributed by atoms with E-state index in [1.165, 1.54) is 12.3 Å². The van der Waals surface area contributed by atoms with Crippen molar-refractivity contribution in [3.05, 3.63) is 23.4 Å². The fourth-order valence-corrected chi connectivity index (χ4v) is 1.43. The first-order valence-electron chi connectivity index (χ1n) is 3.65. The molecule has 0 aromatic carbocycles. The average molecular weight is 221 g/mol. The Kier molecular flexibility index (Phi) is 3.11. The summed E-state index contributed by atoms with van der Waals surface area (Å²) in [7, 11) is -3.26. The number of hydrogen-bond donors (Lipinski definition) is 1. The number of aromatic nitrogens is 1. The van der Waals surface area contributed by atoms with Crippen molar-refractivity contribution in [2.45, 2.75) is 6.92 Å². The lowest BCUT2D eigenvalue weighted by molar-refractivity contribution is 0.602. The van der Waals surface area contributed by atoms with Gasteiger partial charge in [-0.3, -0.25) is 4.72 Å². The number of nitrogens with zero attached hydrogens (tertiary/aromatic N) is 1. The molecule has 13 heavy (non-hydrogen) atoms. The van der Waals surface area contributed by atoms with Gasteiger partial charge >= 0.3 is 0 Å². The lowest BCUT2D eigenvalue weighted by Gasteiger charge is -2.03. The molecule has 1 aromatic heterocycles. The first-order chi connectivity index (χ1) is 6.03. The van der Waals surface area contributed by atoms with Crippen LogP contribution in [0.15, 0.2) is 18.3 Å². The SMILES string of the molecule is CCS(=O)(=O)Nc1cc(Cl)ccn1. The number of halogens is 1. The molecule has 0 aliphatic carbocycles. The molecular weight excluding hydrogens is 212 g/mol. The maximum Gasteiger partial charge on any atom is 0.233 e. The van der Waals surface area contributed by atoms with Crippen molar-refractivity contribution < 1.29 is 8.42 Å². The van der Waals surface area contributed by atoms with E-state index in [4.69, 9.17) is 11.6 Å². The van der Waals surface area contributed by atoms with E-state index in [2.05, 4.69) is 9.71 Å². The number of anilines is 1. The fraction of sp³-hybridized carbons (Fsp3) is 0.286. The van der Waals surface area contributed by atoms with Crippen LogP contribution in [0.3, 0.4) is 0 Å². The summed E-state index contributed by atoms with van der Waals surface area (Å²) in [5.74, 6) is 0.260. The van der Waals surface area contributed by atoms with Crippen molar-refractivity contribution >= 4 is 27.4 Å². The maximum atomic E-state index is 11.1. The predicted molar refractivity (Wildman–Crippen MR) is 52.3 cm³/mol. The highest BCUT2D eigenvalue weighted by Gasteiger charge is 2.06. The second-order valence-corrected chi connectivity index (χ2v) is 4.81. The van der Waals surface area contributed by atoms with Crippen molar-refractivity contribution in [1.82, 2.24) is 4.98 Å². The predicted octanol–water partition coefficient (Wildman–Crippen LogP) is 1.50. The Morgan fingerprint density at radius 3 is 2.85 bits per heavy atom. The second kappa shape index (κ2) is 3.93. The van der Waals surface area contributed by atoms with Crippen molar-refractivity contribution in [2.24, 2.45) is 0 Å². The summed E-state index contributed by atoms with van der Waals surface area (Å²) >= 11 is 5.64. The zero-order chi connectivity index (χ0) is 9.90. The van der Waals surface area contributed by atoms with Gasteiger partial charge in [-0.1, -0.05) is 11.6 Å². The van der Waals surface area contributed by atoms with Gasteiger partial charge in [0.25, 0.3) is 0 Å². The molecule has 0 bridgehead atoms. The van der Waals surface area contributed by atoms with Crippen LogP contribution >= 0.6 is 11.6 Å². The highest BCUT2D eigenvalue weighted by molar-refractivity contribution is 7.92. The summed E-state index contributed by atoms with van der Waals surface area (Å²) in [6.07, 6.45) is 1.44. The molecule has 4 nitrogen and oxygen atoms in total. The molecule has 0 fully saturated rings. The Bertz CT molecular complexity index is 391. The van der Waals surface area contributed by atoms with E-state index in [0.717, 1.165) is 0 Å². The number of rotatable bonds is 3. The third-order valence-electron chi connectivity index (χ3n) is 1.36. The van der Waals surface area contributed by atoms with Gasteiger partial charge in [-0.2, -0.15) is 0 Å². The van der Waals surface area contributed by atoms with Crippen molar-refractivity contribution in [3.8, 4) is 0 Å². The van der Waals surface area contributed by atoms with Gasteiger partial charge in [0, 0.05) is 17.3 Å². The van der Waals surface area contributed by atoms with Crippen LogP contribution in [0.5, 0.6) is 0 Å². The second-order valence-electron chi connectivity index (χ2n) is 2.36. The van der Waals surface area contributed by atoms with Crippen molar-refractivity contribution in [3.63, 3.8) is 0 Å². The maximum absolute atomic E-state index is 11.1. The molecule has 1 aromatic rings. The molecule has 0 aliphatic heterocycles. The van der Waals surface area contributed by atoms with E-state index in [-0.39, 0.29) is 11.6 Å². The molecule has 0 aliphatic rings. The number of pyridine rings is 1. The molecule has 0 spiro atoms. The molecule has 0 radical (unpaired) electrons. The van der Waals surface area contributed by atoms with Gasteiger partial charge in [0.1, 0.15) is 5.82 Å². The standard InChI is InChI=1S/C7H9ClN2O2S/c1-2-13(11,12)10-7-5-6(8)3-4-9-7/h3-5H,2H2,1H3,(H,9,10). The summed E-state index contributed by atoms with van der Waals surface area (Å²) in [5.41, 5.74) is 0. The lowest BCUT2D eigenvalue weighted by atomic mass is 10.5. The lowest BCUT2D eigenvalue weighted by Crippen LogP contribution is -2.15. The van der Waals surface area contributed by atoms with Crippen LogP contribution in [0.2, 0.25) is 5.02 Å². The van der Waals surface area contributed by atoms with Crippen molar-refractivity contribution in [2.75, 3.05) is 10.5 Å². The van der Waals surface area contributed by atoms with E-state index in [1.54, 1.807) is 13.0 Å². The zero-order valence-corrected chi connectivity index (χ0v) is 8.56. The van der Waals surface area contributed by atoms with E-state index in [9.17, 15) is 8.42 Å². The molecule has 0 saturated heterocycles. The minimum Gasteiger partial charge on any atom is -0.267 e. The number of nitrogens with one attached hydrogen (secondary N) is 1. The highest BCUT2D eigenvalue weighted by Crippen LogP contribution is 2.12. The Morgan fingerprint density at radius 2 is 2.31 bits per heavy atom. The van der Waals surface area contributed by atoms with Gasteiger partial charge in [-0.25, -0.2) is 13.4 Å². The summed E-state index contributed by atoms with van der Waals surface area (Å²) in [6.45, 7) is 1.55. The van der Waals surface area contributed by atoms with Crippen LogP contribution in [-0.2, 0) is 10.0 Å². The summed E-state index contributed by atoms with van der Waals surface area (Å²) < 4.78 is 24.5. The first kappa shape index (κ1) is 10.3. The molecule has 0 amide bonds. The van der Waals surface area contributed by atoms with Crippen LogP contribution in [0.1, 0.15) is 6.92 Å². The zero-order valence-electron chi connectivity index (χ0n) is 6.99. The van der Waals surface area contributed by atoms with E-state index >= 15 is 0 Å². The Labute approximate surface area is 82.0 Å². The van der Waals surface area contributed by atoms with Crippen molar-refractivity contribution in [1.29, 1.82) is 0 Å². The van der Waals surface area contributed by atoms with E-state index < -0.39 is 10.0 Å². The summed E-state index contributed by atoms with van der Waals surface area (Å²) in [4.78, 5) is 3.80. The van der Waals surface area contributed by atoms with Crippen LogP contribution < -0.4 is 4.72 Å². The van der Waals surface area contributed by atoms with Crippen LogP contribution in [0.4, 0.5) is 5.82 Å². The third-order valence-corrected chi connectivity index (χ3v) is 2.88. The van der Waals surface area contributed by atoms with Gasteiger partial charge in [0.05, 0.1) is 5.75 Å². The smallest absolute Gasteiger partial charge is 0.233 e. The average Bonchev–Trinajstić information content (AvgIpc) is 2.03. The fourth-order valence-electron chi connectivity index (χ4n) is 0.692. The molecule has 1 N–H and O–H groups in total. The molecular formula is C7H9ClN2O2S. The minimum atomic E-state index is -3.26. The first-order valence-corrected chi connectivity index (χ1v) is 5.68. The van der Waals surface area contributed by atoms with Gasteiger partial charge in [0.2, 0.25) is 10.0 Å². The molecule has 72 valence electrons. The van der Waals surface area contributed by atoms with Gasteiger partial charge in [0.15, 0.2) is 0 Å². The number of hydrogen-bond acceptors (Lipinski definition) is 3. The Morgan fingerprint density at radius 1 is 1.62 bits per heavy atom. The quantitative estimate of drug-likeness (QED) is 0.840. The van der Waals surface area contributed by atoms with E-state index in [0.29, 0.717) is 5.02 Å². The normalized spacial score (nSPS) is 11.2. The van der Waals surface area contributed by atoms with Crippen LogP contribution in [0.25, 0.3) is 0 Å². The van der Waals surface area contributed by atoms with Gasteiger partial charge < -0.3 is 0 Å². The molecule has 0 unspecified atom stereocenters. The van der Waals surface area contributed by atoms with E-state index in [1.807, 2.05) is 0 Å². The molecule has 0 atom stereocenters. The summed E-state index contributed by atoms with van der Waals surface area (Å²) in [5, 5.41) is 0.448. The molecule has 0 saturated carbocycles. The largest absolute Gasteiger partial charge is 0.267 e. The Hall–Kier alpha value is -0.810. The monoisotopic (exact) mass is 220 g/mol. The van der Waals surface area contributed by atoms with Crippen LogP contribution in [0, 0.1) is 0 Å². The summed E-state index contributed by atoms with van der Waals surface area (Å²) in [6, 6.07) is 3.03. The molecule has 6 heteroatoms. The highest BCUT2D eigenvalue weighted by atomic mass is 35.5. The minimum absolute atomic E-state index is 0.0151. The molecule has 1 heterocycles. The Balaban J connectivity index is 2.87. The van der Waals surface area contributed by atoms with Gasteiger partial charge in [-0.05, 0) is 13.0 Å². The topological polar surface area (TPSA) is 59.1 Å². The number of sulfonamides is 1. The third kappa shape index (κ3) is 3.20.